The Balaban J connectivity index is 1.96. The van der Waals surface area contributed by atoms with E-state index < -0.39 is 23.5 Å². The van der Waals surface area contributed by atoms with Crippen molar-refractivity contribution in [3.63, 3.8) is 0 Å². The maximum absolute atomic E-state index is 13.6. The van der Waals surface area contributed by atoms with E-state index >= 15 is 0 Å². The maximum Gasteiger partial charge on any atom is 0.295 e. The van der Waals surface area contributed by atoms with Crippen LogP contribution in [0.4, 0.5) is 0 Å². The van der Waals surface area contributed by atoms with Crippen LogP contribution in [0.1, 0.15) is 40.8 Å². The highest BCUT2D eigenvalue weighted by Gasteiger charge is 2.46. The van der Waals surface area contributed by atoms with E-state index in [-0.39, 0.29) is 40.0 Å². The predicted octanol–water partition coefficient (Wildman–Crippen LogP) is 5.70. The zero-order valence-corrected chi connectivity index (χ0v) is 23.1. The Hall–Kier alpha value is -4.17. The molecule has 0 aromatic heterocycles. The average molecular weight is 552 g/mol. The van der Waals surface area contributed by atoms with Gasteiger partial charge in [-0.3, -0.25) is 9.59 Å². The topological polar surface area (TPSA) is 106 Å². The average Bonchev–Trinajstić information content (AvgIpc) is 3.16. The Kier molecular flexibility index (Phi) is 8.06. The van der Waals surface area contributed by atoms with Gasteiger partial charge >= 0.3 is 0 Å². The quantitative estimate of drug-likeness (QED) is 0.210. The summed E-state index contributed by atoms with van der Waals surface area (Å²) in [6, 6.07) is 12.4. The lowest BCUT2D eigenvalue weighted by atomic mass is 9.94. The zero-order chi connectivity index (χ0) is 28.4. The molecule has 39 heavy (non-hydrogen) atoms. The lowest BCUT2D eigenvalue weighted by Gasteiger charge is -2.27. The molecule has 1 aliphatic heterocycles. The number of phenols is 1. The molecule has 0 spiro atoms. The number of ether oxygens (including phenoxy) is 3. The van der Waals surface area contributed by atoms with Crippen molar-refractivity contribution in [1.29, 1.82) is 0 Å². The van der Waals surface area contributed by atoms with Crippen molar-refractivity contribution >= 4 is 29.1 Å². The molecular formula is C30H30ClNO7. The number of phenolic OH excluding ortho intramolecular Hbond substituents is 1. The molecule has 1 amide bonds. The van der Waals surface area contributed by atoms with Gasteiger partial charge in [0.1, 0.15) is 17.3 Å². The normalized spacial score (nSPS) is 16.5. The molecule has 1 heterocycles. The minimum atomic E-state index is -0.990. The highest BCUT2D eigenvalue weighted by Crippen LogP contribution is 2.45. The fraction of sp³-hybridized carbons (Fsp3) is 0.267. The van der Waals surface area contributed by atoms with Crippen molar-refractivity contribution in [2.24, 2.45) is 0 Å². The van der Waals surface area contributed by atoms with Gasteiger partial charge in [-0.25, -0.2) is 0 Å². The molecule has 0 bridgehead atoms. The fourth-order valence-corrected chi connectivity index (χ4v) is 4.95. The SMILES string of the molecule is CCOc1cc(C2/C(=C(\O)c3cc(Cl)c(OC)cc3OC)C(=O)C(=O)N2Cc2cc(C)ccc2C)ccc1O. The fourth-order valence-electron chi connectivity index (χ4n) is 4.71. The van der Waals surface area contributed by atoms with Crippen LogP contribution in [-0.4, -0.2) is 47.6 Å². The molecule has 3 aromatic carbocycles. The minimum absolute atomic E-state index is 0.0873. The summed E-state index contributed by atoms with van der Waals surface area (Å²) in [7, 11) is 2.85. The summed E-state index contributed by atoms with van der Waals surface area (Å²) in [6.07, 6.45) is 0. The van der Waals surface area contributed by atoms with E-state index in [0.29, 0.717) is 17.9 Å². The van der Waals surface area contributed by atoms with Crippen molar-refractivity contribution in [3.8, 4) is 23.0 Å². The molecule has 1 unspecified atom stereocenters. The third-order valence-electron chi connectivity index (χ3n) is 6.71. The molecule has 3 aromatic rings. The van der Waals surface area contributed by atoms with E-state index in [0.717, 1.165) is 16.7 Å². The van der Waals surface area contributed by atoms with E-state index in [1.165, 1.54) is 37.3 Å². The van der Waals surface area contributed by atoms with Gasteiger partial charge in [0, 0.05) is 12.6 Å². The first-order chi connectivity index (χ1) is 18.6. The minimum Gasteiger partial charge on any atom is -0.507 e. The standard InChI is InChI=1S/C30H30ClNO7/c1-6-39-25-12-18(9-10-22(25)33)27-26(28(34)20-13-21(31)24(38-5)14-23(20)37-4)29(35)30(36)32(27)15-19-11-16(2)7-8-17(19)3/h7-14,27,33-34H,6,15H2,1-5H3/b28-26+. The number of Topliss-reactive ketones (excluding diaryl/α,β-unsaturated/α-hetero) is 1. The number of halogens is 1. The van der Waals surface area contributed by atoms with Gasteiger partial charge in [-0.1, -0.05) is 41.4 Å². The van der Waals surface area contributed by atoms with Gasteiger partial charge in [0.2, 0.25) is 0 Å². The molecule has 0 saturated carbocycles. The molecule has 2 N–H and O–H groups in total. The summed E-state index contributed by atoms with van der Waals surface area (Å²) in [5.74, 6) is -1.46. The lowest BCUT2D eigenvalue weighted by Crippen LogP contribution is -2.29. The summed E-state index contributed by atoms with van der Waals surface area (Å²) >= 11 is 6.35. The van der Waals surface area contributed by atoms with E-state index in [1.54, 1.807) is 19.1 Å². The monoisotopic (exact) mass is 551 g/mol. The number of carbonyl (C=O) groups excluding carboxylic acids is 2. The number of aryl methyl sites for hydroxylation is 2. The van der Waals surface area contributed by atoms with Crippen molar-refractivity contribution in [2.45, 2.75) is 33.4 Å². The lowest BCUT2D eigenvalue weighted by molar-refractivity contribution is -0.140. The van der Waals surface area contributed by atoms with Crippen LogP contribution in [-0.2, 0) is 16.1 Å². The van der Waals surface area contributed by atoms with Crippen LogP contribution >= 0.6 is 11.6 Å². The van der Waals surface area contributed by atoms with Crippen LogP contribution in [0, 0.1) is 13.8 Å². The molecule has 204 valence electrons. The number of nitrogens with zero attached hydrogens (tertiary/aromatic N) is 1. The first-order valence-electron chi connectivity index (χ1n) is 12.3. The molecule has 8 nitrogen and oxygen atoms in total. The van der Waals surface area contributed by atoms with Crippen LogP contribution in [0.15, 0.2) is 54.1 Å². The second-order valence-corrected chi connectivity index (χ2v) is 9.61. The van der Waals surface area contributed by atoms with Gasteiger partial charge < -0.3 is 29.3 Å². The molecule has 1 saturated heterocycles. The number of aliphatic hydroxyl groups excluding tert-OH is 1. The summed E-state index contributed by atoms with van der Waals surface area (Å²) in [6.45, 7) is 6.06. The Bertz CT molecular complexity index is 1480. The van der Waals surface area contributed by atoms with Crippen molar-refractivity contribution in [1.82, 2.24) is 4.90 Å². The predicted molar refractivity (Wildman–Crippen MR) is 148 cm³/mol. The van der Waals surface area contributed by atoms with Crippen LogP contribution in [0.3, 0.4) is 0 Å². The smallest absolute Gasteiger partial charge is 0.295 e. The summed E-state index contributed by atoms with van der Waals surface area (Å²) in [5.41, 5.74) is 3.27. The molecule has 1 atom stereocenters. The Labute approximate surface area is 232 Å². The van der Waals surface area contributed by atoms with Gasteiger partial charge in [0.05, 0.1) is 43.0 Å². The summed E-state index contributed by atoms with van der Waals surface area (Å²) in [4.78, 5) is 28.5. The van der Waals surface area contributed by atoms with E-state index in [4.69, 9.17) is 25.8 Å². The Morgan fingerprint density at radius 3 is 2.36 bits per heavy atom. The third-order valence-corrected chi connectivity index (χ3v) is 7.01. The number of methoxy groups -OCH3 is 2. The number of rotatable bonds is 8. The highest BCUT2D eigenvalue weighted by atomic mass is 35.5. The molecule has 0 radical (unpaired) electrons. The number of aliphatic hydroxyl groups is 1. The molecule has 9 heteroatoms. The number of amides is 1. The van der Waals surface area contributed by atoms with Crippen molar-refractivity contribution in [3.05, 3.63) is 86.9 Å². The molecule has 4 rings (SSSR count). The van der Waals surface area contributed by atoms with E-state index in [2.05, 4.69) is 0 Å². The second kappa shape index (κ2) is 11.3. The number of hydrogen-bond donors (Lipinski definition) is 2. The molecule has 1 aliphatic rings. The number of likely N-dealkylation sites (tertiary alicyclic amines) is 1. The van der Waals surface area contributed by atoms with Gasteiger partial charge in [-0.15, -0.1) is 0 Å². The number of benzene rings is 3. The molecule has 1 fully saturated rings. The summed E-state index contributed by atoms with van der Waals surface area (Å²) < 4.78 is 16.3. The third kappa shape index (κ3) is 5.25. The maximum atomic E-state index is 13.6. The molecular weight excluding hydrogens is 522 g/mol. The van der Waals surface area contributed by atoms with Crippen molar-refractivity contribution < 1.29 is 34.0 Å². The van der Waals surface area contributed by atoms with Crippen LogP contribution in [0.5, 0.6) is 23.0 Å². The van der Waals surface area contributed by atoms with Gasteiger partial charge in [0.15, 0.2) is 11.5 Å². The number of carbonyl (C=O) groups is 2. The zero-order valence-electron chi connectivity index (χ0n) is 22.4. The summed E-state index contributed by atoms with van der Waals surface area (Å²) in [5, 5.41) is 22.1. The van der Waals surface area contributed by atoms with Crippen LogP contribution < -0.4 is 14.2 Å². The highest BCUT2D eigenvalue weighted by molar-refractivity contribution is 6.46. The first kappa shape index (κ1) is 27.9. The first-order valence-corrected chi connectivity index (χ1v) is 12.7. The van der Waals surface area contributed by atoms with Crippen molar-refractivity contribution in [2.75, 3.05) is 20.8 Å². The Morgan fingerprint density at radius 1 is 0.974 bits per heavy atom. The van der Waals surface area contributed by atoms with E-state index in [1.807, 2.05) is 32.0 Å². The number of ketones is 1. The largest absolute Gasteiger partial charge is 0.507 e. The van der Waals surface area contributed by atoms with Crippen LogP contribution in [0.2, 0.25) is 5.02 Å². The van der Waals surface area contributed by atoms with E-state index in [9.17, 15) is 19.8 Å². The second-order valence-electron chi connectivity index (χ2n) is 9.20. The van der Waals surface area contributed by atoms with Gasteiger partial charge in [-0.05, 0) is 55.7 Å². The molecule has 0 aliphatic carbocycles. The number of aromatic hydroxyl groups is 1. The number of hydrogen-bond acceptors (Lipinski definition) is 7. The Morgan fingerprint density at radius 2 is 1.69 bits per heavy atom. The van der Waals surface area contributed by atoms with Crippen LogP contribution in [0.25, 0.3) is 5.76 Å². The van der Waals surface area contributed by atoms with Gasteiger partial charge in [0.25, 0.3) is 11.7 Å². The van der Waals surface area contributed by atoms with Gasteiger partial charge in [-0.2, -0.15) is 0 Å².